The van der Waals surface area contributed by atoms with Gasteiger partial charge in [0.05, 0.1) is 11.9 Å². The number of hydrogen-bond acceptors (Lipinski definition) is 4. The fraction of sp³-hybridized carbons (Fsp3) is 0.600. The molecule has 0 saturated heterocycles. The molecule has 0 aromatic carbocycles. The van der Waals surface area contributed by atoms with Crippen molar-refractivity contribution in [3.8, 4) is 0 Å². The minimum atomic E-state index is -0.192. The molecule has 0 bridgehead atoms. The van der Waals surface area contributed by atoms with Gasteiger partial charge in [0.1, 0.15) is 0 Å². The van der Waals surface area contributed by atoms with E-state index in [9.17, 15) is 4.79 Å². The molecule has 0 aliphatic rings. The van der Waals surface area contributed by atoms with E-state index in [2.05, 4.69) is 34.3 Å². The van der Waals surface area contributed by atoms with Crippen LogP contribution in [0.1, 0.15) is 13.8 Å². The number of nitrogens with zero attached hydrogens (tertiary/aromatic N) is 2. The van der Waals surface area contributed by atoms with Gasteiger partial charge in [-0.1, -0.05) is 0 Å². The molecular formula is C10H18N4O. The summed E-state index contributed by atoms with van der Waals surface area (Å²) in [7, 11) is 4.05. The Labute approximate surface area is 89.5 Å². The molecule has 1 rings (SSSR count). The van der Waals surface area contributed by atoms with E-state index in [4.69, 9.17) is 0 Å². The minimum absolute atomic E-state index is 0.0304. The Bertz CT molecular complexity index is 370. The summed E-state index contributed by atoms with van der Waals surface area (Å²) in [5.41, 5.74) is 0.583. The predicted molar refractivity (Wildman–Crippen MR) is 61.1 cm³/mol. The number of hydrogen-bond donors (Lipinski definition) is 2. The maximum absolute atomic E-state index is 11.0. The Balaban J connectivity index is 2.61. The van der Waals surface area contributed by atoms with Crippen molar-refractivity contribution in [2.45, 2.75) is 19.4 Å². The van der Waals surface area contributed by atoms with Crippen molar-refractivity contribution >= 4 is 5.69 Å². The fourth-order valence-corrected chi connectivity index (χ4v) is 0.949. The Morgan fingerprint density at radius 3 is 2.73 bits per heavy atom. The van der Waals surface area contributed by atoms with Gasteiger partial charge in [0, 0.05) is 18.2 Å². The topological polar surface area (TPSA) is 61.0 Å². The molecule has 0 aliphatic carbocycles. The summed E-state index contributed by atoms with van der Waals surface area (Å²) in [4.78, 5) is 13.1. The maximum atomic E-state index is 11.0. The van der Waals surface area contributed by atoms with Gasteiger partial charge in [-0.25, -0.2) is 5.10 Å². The highest BCUT2D eigenvalue weighted by atomic mass is 16.1. The van der Waals surface area contributed by atoms with Crippen LogP contribution in [0.5, 0.6) is 0 Å². The van der Waals surface area contributed by atoms with Crippen molar-refractivity contribution in [2.24, 2.45) is 0 Å². The van der Waals surface area contributed by atoms with Crippen molar-refractivity contribution in [2.75, 3.05) is 26.0 Å². The van der Waals surface area contributed by atoms with E-state index in [1.54, 1.807) is 6.20 Å². The van der Waals surface area contributed by atoms with Crippen molar-refractivity contribution in [3.63, 3.8) is 0 Å². The van der Waals surface area contributed by atoms with Crippen LogP contribution in [0.25, 0.3) is 0 Å². The zero-order valence-corrected chi connectivity index (χ0v) is 9.66. The molecule has 84 valence electrons. The van der Waals surface area contributed by atoms with Crippen LogP contribution in [0.4, 0.5) is 5.69 Å². The lowest BCUT2D eigenvalue weighted by molar-refractivity contribution is 0.210. The van der Waals surface area contributed by atoms with E-state index in [1.807, 2.05) is 14.1 Å². The Kier molecular flexibility index (Phi) is 3.47. The van der Waals surface area contributed by atoms with Gasteiger partial charge in [-0.05, 0) is 27.9 Å². The first-order valence-electron chi connectivity index (χ1n) is 4.88. The molecule has 5 nitrogen and oxygen atoms in total. The molecule has 1 aromatic heterocycles. The molecule has 1 aromatic rings. The van der Waals surface area contributed by atoms with Crippen LogP contribution in [0, 0.1) is 0 Å². The zero-order chi connectivity index (χ0) is 11.5. The van der Waals surface area contributed by atoms with E-state index in [0.29, 0.717) is 0 Å². The molecule has 0 saturated carbocycles. The molecule has 0 unspecified atom stereocenters. The maximum Gasteiger partial charge on any atom is 0.266 e. The smallest absolute Gasteiger partial charge is 0.266 e. The number of anilines is 1. The number of nitrogens with one attached hydrogen (secondary N) is 2. The number of aromatic amines is 1. The molecule has 0 amide bonds. The van der Waals surface area contributed by atoms with Gasteiger partial charge >= 0.3 is 0 Å². The van der Waals surface area contributed by atoms with Gasteiger partial charge in [-0.3, -0.25) is 4.79 Å². The van der Waals surface area contributed by atoms with Crippen LogP contribution in [-0.4, -0.2) is 41.3 Å². The highest BCUT2D eigenvalue weighted by Crippen LogP contribution is 2.11. The van der Waals surface area contributed by atoms with E-state index >= 15 is 0 Å². The van der Waals surface area contributed by atoms with Crippen LogP contribution in [0.2, 0.25) is 0 Å². The number of aromatic nitrogens is 2. The molecule has 15 heavy (non-hydrogen) atoms. The first kappa shape index (κ1) is 11.7. The lowest BCUT2D eigenvalue weighted by atomic mass is 10.0. The molecule has 1 heterocycles. The van der Waals surface area contributed by atoms with Gasteiger partial charge < -0.3 is 10.2 Å². The normalized spacial score (nSPS) is 11.8. The second-order valence-electron chi connectivity index (χ2n) is 4.39. The summed E-state index contributed by atoms with van der Waals surface area (Å²) in [6, 6.07) is 1.50. The Morgan fingerprint density at radius 1 is 1.53 bits per heavy atom. The lowest BCUT2D eigenvalue weighted by Gasteiger charge is -2.32. The number of H-pyrrole nitrogens is 1. The second kappa shape index (κ2) is 4.44. The van der Waals surface area contributed by atoms with E-state index in [0.717, 1.165) is 12.2 Å². The second-order valence-corrected chi connectivity index (χ2v) is 4.39. The minimum Gasteiger partial charge on any atom is -0.382 e. The van der Waals surface area contributed by atoms with Gasteiger partial charge in [0.15, 0.2) is 0 Å². The third kappa shape index (κ3) is 3.36. The molecule has 0 spiro atoms. The van der Waals surface area contributed by atoms with Crippen LogP contribution < -0.4 is 10.9 Å². The molecule has 0 radical (unpaired) electrons. The third-order valence-corrected chi connectivity index (χ3v) is 2.60. The van der Waals surface area contributed by atoms with E-state index < -0.39 is 0 Å². The number of rotatable bonds is 4. The monoisotopic (exact) mass is 210 g/mol. The van der Waals surface area contributed by atoms with Crippen LogP contribution >= 0.6 is 0 Å². The largest absolute Gasteiger partial charge is 0.382 e. The average molecular weight is 210 g/mol. The SMILES string of the molecule is CN(C)C(C)(C)CNc1cn[nH]c(=O)c1. The Morgan fingerprint density at radius 2 is 2.20 bits per heavy atom. The molecular weight excluding hydrogens is 192 g/mol. The van der Waals surface area contributed by atoms with Gasteiger partial charge in [0.2, 0.25) is 0 Å². The summed E-state index contributed by atoms with van der Waals surface area (Å²) in [5.74, 6) is 0. The zero-order valence-electron chi connectivity index (χ0n) is 9.66. The van der Waals surface area contributed by atoms with Crippen LogP contribution in [0.3, 0.4) is 0 Å². The van der Waals surface area contributed by atoms with Gasteiger partial charge in [-0.15, -0.1) is 0 Å². The Hall–Kier alpha value is -1.36. The standard InChI is InChI=1S/C10H18N4O/c1-10(2,14(3)4)7-11-8-5-9(15)13-12-6-8/h5-6H,7H2,1-4H3,(H2,11,13,15). The quantitative estimate of drug-likeness (QED) is 0.760. The first-order valence-corrected chi connectivity index (χ1v) is 4.88. The summed E-state index contributed by atoms with van der Waals surface area (Å²) >= 11 is 0. The summed E-state index contributed by atoms with van der Waals surface area (Å²) in [6.45, 7) is 5.01. The van der Waals surface area contributed by atoms with Crippen molar-refractivity contribution < 1.29 is 0 Å². The number of likely N-dealkylation sites (N-methyl/N-ethyl adjacent to an activating group) is 1. The highest BCUT2D eigenvalue weighted by Gasteiger charge is 2.19. The van der Waals surface area contributed by atoms with E-state index in [1.165, 1.54) is 6.07 Å². The van der Waals surface area contributed by atoms with Gasteiger partial charge in [0.25, 0.3) is 5.56 Å². The predicted octanol–water partition coefficient (Wildman–Crippen LogP) is 0.522. The van der Waals surface area contributed by atoms with Crippen LogP contribution in [-0.2, 0) is 0 Å². The van der Waals surface area contributed by atoms with Gasteiger partial charge in [-0.2, -0.15) is 5.10 Å². The molecule has 0 atom stereocenters. The van der Waals surface area contributed by atoms with Crippen LogP contribution in [0.15, 0.2) is 17.1 Å². The molecule has 2 N–H and O–H groups in total. The average Bonchev–Trinajstić information content (AvgIpc) is 2.15. The molecule has 0 fully saturated rings. The van der Waals surface area contributed by atoms with Crippen molar-refractivity contribution in [1.29, 1.82) is 0 Å². The fourth-order valence-electron chi connectivity index (χ4n) is 0.949. The first-order chi connectivity index (χ1) is 6.92. The molecule has 5 heteroatoms. The summed E-state index contributed by atoms with van der Waals surface area (Å²) in [5, 5.41) is 9.23. The van der Waals surface area contributed by atoms with Crippen molar-refractivity contribution in [1.82, 2.24) is 15.1 Å². The molecule has 0 aliphatic heterocycles. The summed E-state index contributed by atoms with van der Waals surface area (Å²) < 4.78 is 0. The lowest BCUT2D eigenvalue weighted by Crippen LogP contribution is -2.44. The third-order valence-electron chi connectivity index (χ3n) is 2.60. The van der Waals surface area contributed by atoms with Crippen molar-refractivity contribution in [3.05, 3.63) is 22.6 Å². The van der Waals surface area contributed by atoms with E-state index in [-0.39, 0.29) is 11.1 Å². The summed E-state index contributed by atoms with van der Waals surface area (Å²) in [6.07, 6.45) is 1.60. The highest BCUT2D eigenvalue weighted by molar-refractivity contribution is 5.39.